The van der Waals surface area contributed by atoms with E-state index < -0.39 is 16.0 Å². The number of piperidine rings is 1. The van der Waals surface area contributed by atoms with Crippen LogP contribution in [0.15, 0.2) is 33.6 Å². The quantitative estimate of drug-likeness (QED) is 0.746. The summed E-state index contributed by atoms with van der Waals surface area (Å²) < 4.78 is 37.1. The molecule has 1 aliphatic heterocycles. The van der Waals surface area contributed by atoms with E-state index in [-0.39, 0.29) is 23.0 Å². The molecular formula is C16H19N3O5S. The lowest BCUT2D eigenvalue weighted by molar-refractivity contribution is 0.0436. The summed E-state index contributed by atoms with van der Waals surface area (Å²) in [6.45, 7) is 2.48. The van der Waals surface area contributed by atoms with E-state index >= 15 is 0 Å². The van der Waals surface area contributed by atoms with E-state index in [9.17, 15) is 13.2 Å². The third-order valence-electron chi connectivity index (χ3n) is 3.92. The predicted molar refractivity (Wildman–Crippen MR) is 87.2 cm³/mol. The van der Waals surface area contributed by atoms with Crippen LogP contribution >= 0.6 is 0 Å². The van der Waals surface area contributed by atoms with E-state index in [1.807, 2.05) is 0 Å². The largest absolute Gasteiger partial charge is 0.452 e. The molecule has 1 fully saturated rings. The Bertz CT molecular complexity index is 856. The second kappa shape index (κ2) is 7.32. The number of aromatic nitrogens is 2. The number of hydrogen-bond donors (Lipinski definition) is 0. The first-order chi connectivity index (χ1) is 12.0. The Morgan fingerprint density at radius 3 is 2.68 bits per heavy atom. The number of sulfonamides is 1. The summed E-state index contributed by atoms with van der Waals surface area (Å²) in [6, 6.07) is 5.87. The number of ether oxygens (including phenoxy) is 1. The minimum absolute atomic E-state index is 0.0949. The van der Waals surface area contributed by atoms with Crippen molar-refractivity contribution in [3.05, 3.63) is 41.6 Å². The molecule has 134 valence electrons. The summed E-state index contributed by atoms with van der Waals surface area (Å²) >= 11 is 0. The van der Waals surface area contributed by atoms with Crippen LogP contribution in [-0.4, -0.2) is 42.0 Å². The van der Waals surface area contributed by atoms with E-state index in [4.69, 9.17) is 9.15 Å². The Balaban J connectivity index is 1.73. The highest BCUT2D eigenvalue weighted by molar-refractivity contribution is 7.89. The molecule has 9 heteroatoms. The van der Waals surface area contributed by atoms with Gasteiger partial charge in [-0.15, -0.1) is 10.2 Å². The van der Waals surface area contributed by atoms with Crippen molar-refractivity contribution in [2.45, 2.75) is 37.7 Å². The molecule has 1 aliphatic rings. The second-order valence-electron chi connectivity index (χ2n) is 5.78. The molecule has 1 saturated heterocycles. The van der Waals surface area contributed by atoms with Gasteiger partial charge in [0.25, 0.3) is 5.89 Å². The Kier molecular flexibility index (Phi) is 5.14. The van der Waals surface area contributed by atoms with Gasteiger partial charge < -0.3 is 9.15 Å². The maximum atomic E-state index is 12.7. The fraction of sp³-hybridized carbons (Fsp3) is 0.438. The van der Waals surface area contributed by atoms with Crippen molar-refractivity contribution in [1.82, 2.24) is 14.5 Å². The molecule has 1 aromatic heterocycles. The number of aryl methyl sites for hydroxylation is 1. The van der Waals surface area contributed by atoms with Crippen molar-refractivity contribution in [3.8, 4) is 0 Å². The van der Waals surface area contributed by atoms with Crippen LogP contribution in [0.2, 0.25) is 0 Å². The first-order valence-electron chi connectivity index (χ1n) is 8.03. The zero-order valence-electron chi connectivity index (χ0n) is 13.8. The van der Waals surface area contributed by atoms with Gasteiger partial charge in [0.15, 0.2) is 6.61 Å². The number of esters is 1. The normalized spacial score (nSPS) is 15.9. The van der Waals surface area contributed by atoms with Gasteiger partial charge in [-0.2, -0.15) is 4.31 Å². The van der Waals surface area contributed by atoms with Gasteiger partial charge in [-0.1, -0.05) is 12.5 Å². The van der Waals surface area contributed by atoms with Gasteiger partial charge in [0.05, 0.1) is 10.5 Å². The van der Waals surface area contributed by atoms with Crippen LogP contribution < -0.4 is 0 Å². The van der Waals surface area contributed by atoms with Crippen LogP contribution in [0, 0.1) is 6.92 Å². The molecule has 25 heavy (non-hydrogen) atoms. The number of benzene rings is 1. The monoisotopic (exact) mass is 365 g/mol. The summed E-state index contributed by atoms with van der Waals surface area (Å²) in [6.07, 6.45) is 2.74. The third kappa shape index (κ3) is 4.05. The lowest BCUT2D eigenvalue weighted by atomic mass is 10.2. The highest BCUT2D eigenvalue weighted by Gasteiger charge is 2.26. The standard InChI is InChI=1S/C16H19N3O5S/c1-12-17-18-15(24-12)11-23-16(20)13-6-5-7-14(10-13)25(21,22)19-8-3-2-4-9-19/h5-7,10H,2-4,8-9,11H2,1H3. The highest BCUT2D eigenvalue weighted by atomic mass is 32.2. The van der Waals surface area contributed by atoms with Crippen molar-refractivity contribution in [3.63, 3.8) is 0 Å². The molecule has 0 atom stereocenters. The summed E-state index contributed by atoms with van der Waals surface area (Å²) in [5.74, 6) is -0.0878. The maximum absolute atomic E-state index is 12.7. The molecule has 0 aliphatic carbocycles. The molecule has 8 nitrogen and oxygen atoms in total. The van der Waals surface area contributed by atoms with E-state index in [1.165, 1.54) is 28.6 Å². The lowest BCUT2D eigenvalue weighted by Gasteiger charge is -2.25. The smallest absolute Gasteiger partial charge is 0.338 e. The van der Waals surface area contributed by atoms with Gasteiger partial charge in [0.1, 0.15) is 0 Å². The first-order valence-corrected chi connectivity index (χ1v) is 9.47. The molecular weight excluding hydrogens is 346 g/mol. The van der Waals surface area contributed by atoms with Gasteiger partial charge in [-0.25, -0.2) is 13.2 Å². The van der Waals surface area contributed by atoms with Crippen LogP contribution in [0.3, 0.4) is 0 Å². The SMILES string of the molecule is Cc1nnc(COC(=O)c2cccc(S(=O)(=O)N3CCCCC3)c2)o1. The molecule has 2 aromatic rings. The van der Waals surface area contributed by atoms with Crippen LogP contribution in [0.4, 0.5) is 0 Å². The van der Waals surface area contributed by atoms with Gasteiger partial charge in [0.2, 0.25) is 15.9 Å². The molecule has 2 heterocycles. The fourth-order valence-corrected chi connectivity index (χ4v) is 4.21. The highest BCUT2D eigenvalue weighted by Crippen LogP contribution is 2.21. The van der Waals surface area contributed by atoms with Gasteiger partial charge in [0, 0.05) is 20.0 Å². The van der Waals surface area contributed by atoms with Crippen LogP contribution in [0.1, 0.15) is 41.4 Å². The fourth-order valence-electron chi connectivity index (χ4n) is 2.64. The van der Waals surface area contributed by atoms with E-state index in [2.05, 4.69) is 10.2 Å². The number of rotatable bonds is 5. The molecule has 0 unspecified atom stereocenters. The van der Waals surface area contributed by atoms with Crippen molar-refractivity contribution in [2.24, 2.45) is 0 Å². The van der Waals surface area contributed by atoms with Crippen LogP contribution in [0.25, 0.3) is 0 Å². The minimum atomic E-state index is -3.60. The first kappa shape index (κ1) is 17.6. The van der Waals surface area contributed by atoms with Gasteiger partial charge in [-0.05, 0) is 31.0 Å². The maximum Gasteiger partial charge on any atom is 0.338 e. The van der Waals surface area contributed by atoms with Crippen molar-refractivity contribution < 1.29 is 22.4 Å². The number of nitrogens with zero attached hydrogens (tertiary/aromatic N) is 3. The third-order valence-corrected chi connectivity index (χ3v) is 5.81. The molecule has 3 rings (SSSR count). The minimum Gasteiger partial charge on any atom is -0.452 e. The van der Waals surface area contributed by atoms with Crippen LogP contribution in [0.5, 0.6) is 0 Å². The van der Waals surface area contributed by atoms with Gasteiger partial charge >= 0.3 is 5.97 Å². The summed E-state index contributed by atoms with van der Waals surface area (Å²) in [7, 11) is -3.60. The van der Waals surface area contributed by atoms with E-state index in [0.717, 1.165) is 19.3 Å². The molecule has 0 radical (unpaired) electrons. The summed E-state index contributed by atoms with van der Waals surface area (Å²) in [5.41, 5.74) is 0.161. The van der Waals surface area contributed by atoms with Crippen LogP contribution in [-0.2, 0) is 21.4 Å². The summed E-state index contributed by atoms with van der Waals surface area (Å²) in [4.78, 5) is 12.3. The summed E-state index contributed by atoms with van der Waals surface area (Å²) in [5, 5.41) is 7.38. The number of carbonyl (C=O) groups is 1. The van der Waals surface area contributed by atoms with Crippen molar-refractivity contribution in [2.75, 3.05) is 13.1 Å². The van der Waals surface area contributed by atoms with Gasteiger partial charge in [-0.3, -0.25) is 0 Å². The second-order valence-corrected chi connectivity index (χ2v) is 7.72. The Morgan fingerprint density at radius 1 is 1.24 bits per heavy atom. The topological polar surface area (TPSA) is 103 Å². The molecule has 1 aromatic carbocycles. The lowest BCUT2D eigenvalue weighted by Crippen LogP contribution is -2.35. The number of carbonyl (C=O) groups excluding carboxylic acids is 1. The average Bonchev–Trinajstić information content (AvgIpc) is 3.06. The van der Waals surface area contributed by atoms with E-state index in [1.54, 1.807) is 6.92 Å². The van der Waals surface area contributed by atoms with Crippen molar-refractivity contribution in [1.29, 1.82) is 0 Å². The molecule has 0 spiro atoms. The molecule has 0 bridgehead atoms. The zero-order valence-corrected chi connectivity index (χ0v) is 14.7. The predicted octanol–water partition coefficient (Wildman–Crippen LogP) is 1.91. The zero-order chi connectivity index (χ0) is 17.9. The number of hydrogen-bond acceptors (Lipinski definition) is 7. The Hall–Kier alpha value is -2.26. The molecule has 0 amide bonds. The molecule has 0 saturated carbocycles. The Labute approximate surface area is 145 Å². The Morgan fingerprint density at radius 2 is 2.00 bits per heavy atom. The molecule has 0 N–H and O–H groups in total. The average molecular weight is 365 g/mol. The van der Waals surface area contributed by atoms with E-state index in [0.29, 0.717) is 19.0 Å². The van der Waals surface area contributed by atoms with Crippen molar-refractivity contribution >= 4 is 16.0 Å².